The number of hydrogen-bond donors (Lipinski definition) is 0. The van der Waals surface area contributed by atoms with E-state index in [9.17, 15) is 4.79 Å². The largest absolute Gasteiger partial charge is 0.431 e. The molecular weight excluding hydrogens is 330 g/mol. The number of oxazole rings is 1. The predicted molar refractivity (Wildman–Crippen MR) is 92.2 cm³/mol. The first-order valence-corrected chi connectivity index (χ1v) is 8.58. The maximum absolute atomic E-state index is 12.6. The maximum atomic E-state index is 12.6. The van der Waals surface area contributed by atoms with E-state index in [4.69, 9.17) is 4.42 Å². The lowest BCUT2D eigenvalue weighted by molar-refractivity contribution is 0.487. The number of hydrogen-bond acceptors (Lipinski definition) is 6. The van der Waals surface area contributed by atoms with Crippen molar-refractivity contribution in [2.24, 2.45) is 0 Å². The van der Waals surface area contributed by atoms with Crippen molar-refractivity contribution in [2.45, 2.75) is 16.9 Å². The van der Waals surface area contributed by atoms with Gasteiger partial charge in [0.1, 0.15) is 10.3 Å². The molecule has 0 radical (unpaired) electrons. The van der Waals surface area contributed by atoms with Crippen LogP contribution in [0.2, 0.25) is 0 Å². The Bertz CT molecular complexity index is 1040. The molecule has 0 unspecified atom stereocenters. The zero-order valence-corrected chi connectivity index (χ0v) is 13.6. The van der Waals surface area contributed by atoms with E-state index in [0.717, 1.165) is 5.52 Å². The SMILES string of the molecule is C=CCn1c(Sc2nc3ccccc3o2)nc2sccc2c1=O. The maximum Gasteiger partial charge on any atom is 0.264 e. The summed E-state index contributed by atoms with van der Waals surface area (Å²) in [5.41, 5.74) is 1.42. The topological polar surface area (TPSA) is 60.9 Å². The lowest BCUT2D eigenvalue weighted by atomic mass is 10.3. The molecule has 0 saturated heterocycles. The van der Waals surface area contributed by atoms with Crippen molar-refractivity contribution in [1.29, 1.82) is 0 Å². The molecule has 0 fully saturated rings. The van der Waals surface area contributed by atoms with E-state index in [1.165, 1.54) is 23.1 Å². The van der Waals surface area contributed by atoms with Gasteiger partial charge in [-0.05, 0) is 23.6 Å². The van der Waals surface area contributed by atoms with Crippen LogP contribution in [-0.4, -0.2) is 14.5 Å². The van der Waals surface area contributed by atoms with E-state index in [0.29, 0.717) is 32.7 Å². The van der Waals surface area contributed by atoms with Crippen molar-refractivity contribution in [3.05, 3.63) is 58.7 Å². The van der Waals surface area contributed by atoms with Gasteiger partial charge in [0.2, 0.25) is 0 Å². The van der Waals surface area contributed by atoms with Gasteiger partial charge in [0.05, 0.1) is 5.39 Å². The zero-order chi connectivity index (χ0) is 15.8. The van der Waals surface area contributed by atoms with Crippen LogP contribution < -0.4 is 5.56 Å². The van der Waals surface area contributed by atoms with E-state index >= 15 is 0 Å². The number of aromatic nitrogens is 3. The Morgan fingerprint density at radius 2 is 2.17 bits per heavy atom. The number of para-hydroxylation sites is 2. The molecule has 0 N–H and O–H groups in total. The van der Waals surface area contributed by atoms with Crippen molar-refractivity contribution in [3.8, 4) is 0 Å². The summed E-state index contributed by atoms with van der Waals surface area (Å²) in [6.07, 6.45) is 1.68. The van der Waals surface area contributed by atoms with Crippen LogP contribution in [0.5, 0.6) is 0 Å². The minimum atomic E-state index is -0.0743. The molecule has 0 amide bonds. The molecule has 4 aromatic rings. The number of thiophene rings is 1. The summed E-state index contributed by atoms with van der Waals surface area (Å²) >= 11 is 2.69. The van der Waals surface area contributed by atoms with Crippen molar-refractivity contribution in [3.63, 3.8) is 0 Å². The third kappa shape index (κ3) is 2.47. The van der Waals surface area contributed by atoms with Crippen molar-refractivity contribution in [1.82, 2.24) is 14.5 Å². The van der Waals surface area contributed by atoms with Gasteiger partial charge in [-0.2, -0.15) is 0 Å². The number of nitrogens with zero attached hydrogens (tertiary/aromatic N) is 3. The fraction of sp³-hybridized carbons (Fsp3) is 0.0625. The smallest absolute Gasteiger partial charge is 0.264 e. The Morgan fingerprint density at radius 3 is 3.00 bits per heavy atom. The predicted octanol–water partition coefficient (Wildman–Crippen LogP) is 3.94. The molecule has 4 rings (SSSR count). The van der Waals surface area contributed by atoms with Gasteiger partial charge in [-0.1, -0.05) is 18.2 Å². The third-order valence-corrected chi connectivity index (χ3v) is 4.96. The summed E-state index contributed by atoms with van der Waals surface area (Å²) in [5, 5.41) is 3.51. The van der Waals surface area contributed by atoms with Gasteiger partial charge in [-0.25, -0.2) is 9.97 Å². The average molecular weight is 341 g/mol. The molecular formula is C16H11N3O2S2. The molecule has 0 aliphatic rings. The quantitative estimate of drug-likeness (QED) is 0.416. The highest BCUT2D eigenvalue weighted by Crippen LogP contribution is 2.29. The minimum absolute atomic E-state index is 0.0743. The van der Waals surface area contributed by atoms with E-state index in [2.05, 4.69) is 16.5 Å². The zero-order valence-electron chi connectivity index (χ0n) is 11.9. The van der Waals surface area contributed by atoms with Crippen LogP contribution in [0.25, 0.3) is 21.3 Å². The van der Waals surface area contributed by atoms with E-state index in [-0.39, 0.29) is 5.56 Å². The molecule has 3 heterocycles. The van der Waals surface area contributed by atoms with Gasteiger partial charge >= 0.3 is 0 Å². The molecule has 0 aliphatic heterocycles. The first kappa shape index (κ1) is 14.2. The molecule has 3 aromatic heterocycles. The van der Waals surface area contributed by atoms with E-state index in [1.807, 2.05) is 29.6 Å². The Morgan fingerprint density at radius 1 is 1.30 bits per heavy atom. The normalized spacial score (nSPS) is 11.3. The Balaban J connectivity index is 1.84. The van der Waals surface area contributed by atoms with Crippen LogP contribution in [-0.2, 0) is 6.54 Å². The molecule has 23 heavy (non-hydrogen) atoms. The van der Waals surface area contributed by atoms with Gasteiger partial charge < -0.3 is 4.42 Å². The summed E-state index contributed by atoms with van der Waals surface area (Å²) in [5.74, 6) is 0. The summed E-state index contributed by atoms with van der Waals surface area (Å²) in [7, 11) is 0. The Hall–Kier alpha value is -2.38. The van der Waals surface area contributed by atoms with Gasteiger partial charge in [0.15, 0.2) is 10.7 Å². The van der Waals surface area contributed by atoms with Crippen LogP contribution in [0, 0.1) is 0 Å². The van der Waals surface area contributed by atoms with E-state index < -0.39 is 0 Å². The van der Waals surface area contributed by atoms with Crippen molar-refractivity contribution in [2.75, 3.05) is 0 Å². The molecule has 0 saturated carbocycles. The fourth-order valence-electron chi connectivity index (χ4n) is 2.27. The van der Waals surface area contributed by atoms with Crippen LogP contribution in [0.15, 0.2) is 68.0 Å². The Labute approximate surface area is 139 Å². The molecule has 0 atom stereocenters. The van der Waals surface area contributed by atoms with Crippen LogP contribution in [0.1, 0.15) is 0 Å². The lowest BCUT2D eigenvalue weighted by Crippen LogP contribution is -2.22. The molecule has 0 bridgehead atoms. The highest BCUT2D eigenvalue weighted by atomic mass is 32.2. The van der Waals surface area contributed by atoms with Crippen molar-refractivity contribution < 1.29 is 4.42 Å². The summed E-state index contributed by atoms with van der Waals surface area (Å²) in [6, 6.07) is 9.34. The highest BCUT2D eigenvalue weighted by molar-refractivity contribution is 7.99. The van der Waals surface area contributed by atoms with Crippen LogP contribution >= 0.6 is 23.1 Å². The van der Waals surface area contributed by atoms with Crippen LogP contribution in [0.4, 0.5) is 0 Å². The summed E-state index contributed by atoms with van der Waals surface area (Å²) in [4.78, 5) is 22.3. The average Bonchev–Trinajstić information content (AvgIpc) is 3.17. The second-order valence-electron chi connectivity index (χ2n) is 4.79. The molecule has 5 nitrogen and oxygen atoms in total. The van der Waals surface area contributed by atoms with E-state index in [1.54, 1.807) is 16.7 Å². The monoisotopic (exact) mass is 341 g/mol. The first-order chi connectivity index (χ1) is 11.3. The number of rotatable bonds is 4. The molecule has 1 aromatic carbocycles. The van der Waals surface area contributed by atoms with Gasteiger partial charge in [-0.3, -0.25) is 9.36 Å². The fourth-order valence-corrected chi connectivity index (χ4v) is 3.92. The number of benzene rings is 1. The second kappa shape index (κ2) is 5.68. The van der Waals surface area contributed by atoms with Gasteiger partial charge in [-0.15, -0.1) is 17.9 Å². The Kier molecular flexibility index (Phi) is 3.51. The van der Waals surface area contributed by atoms with Crippen molar-refractivity contribution >= 4 is 44.4 Å². The highest BCUT2D eigenvalue weighted by Gasteiger charge is 2.15. The van der Waals surface area contributed by atoms with Crippen LogP contribution in [0.3, 0.4) is 0 Å². The minimum Gasteiger partial charge on any atom is -0.431 e. The molecule has 0 aliphatic carbocycles. The molecule has 7 heteroatoms. The molecule has 0 spiro atoms. The summed E-state index contributed by atoms with van der Waals surface area (Å²) < 4.78 is 7.30. The van der Waals surface area contributed by atoms with Gasteiger partial charge in [0, 0.05) is 18.3 Å². The number of fused-ring (bicyclic) bond motifs is 2. The van der Waals surface area contributed by atoms with Gasteiger partial charge in [0.25, 0.3) is 10.8 Å². The first-order valence-electron chi connectivity index (χ1n) is 6.88. The summed E-state index contributed by atoms with van der Waals surface area (Å²) in [6.45, 7) is 4.10. The second-order valence-corrected chi connectivity index (χ2v) is 6.60. The number of allylic oxidation sites excluding steroid dienone is 1. The standard InChI is InChI=1S/C16H11N3O2S2/c1-2-8-19-14(20)10-7-9-22-13(10)18-15(19)23-16-17-11-5-3-4-6-12(11)21-16/h2-7,9H,1,8H2. The lowest BCUT2D eigenvalue weighted by Gasteiger charge is -2.07. The third-order valence-electron chi connectivity index (χ3n) is 3.31. The molecule has 114 valence electrons.